The summed E-state index contributed by atoms with van der Waals surface area (Å²) in [4.78, 5) is 24.2. The molecule has 30 heavy (non-hydrogen) atoms. The average molecular weight is 455 g/mol. The molecule has 1 aliphatic rings. The summed E-state index contributed by atoms with van der Waals surface area (Å²) in [6.45, 7) is -0.164. The van der Waals surface area contributed by atoms with Crippen LogP contribution in [-0.4, -0.2) is 44.3 Å². The normalized spacial score (nSPS) is 15.5. The van der Waals surface area contributed by atoms with E-state index in [9.17, 15) is 22.4 Å². The van der Waals surface area contributed by atoms with Crippen molar-refractivity contribution in [3.63, 3.8) is 0 Å². The number of hydrogen-bond donors (Lipinski definition) is 1. The van der Waals surface area contributed by atoms with Gasteiger partial charge in [-0.15, -0.1) is 0 Å². The molecule has 0 unspecified atom stereocenters. The predicted molar refractivity (Wildman–Crippen MR) is 109 cm³/mol. The number of anilines is 1. The summed E-state index contributed by atoms with van der Waals surface area (Å²) in [5, 5.41) is 3.12. The number of halogens is 2. The maximum absolute atomic E-state index is 13.0. The van der Waals surface area contributed by atoms with Crippen LogP contribution in [-0.2, 0) is 24.3 Å². The molecule has 3 rings (SSSR count). The first-order chi connectivity index (χ1) is 14.3. The lowest BCUT2D eigenvalue weighted by Gasteiger charge is -2.30. The second-order valence-electron chi connectivity index (χ2n) is 6.80. The van der Waals surface area contributed by atoms with E-state index in [1.165, 1.54) is 16.4 Å². The van der Waals surface area contributed by atoms with E-state index in [2.05, 4.69) is 5.32 Å². The maximum Gasteiger partial charge on any atom is 0.309 e. The van der Waals surface area contributed by atoms with Gasteiger partial charge in [-0.05, 0) is 61.4 Å². The maximum atomic E-state index is 13.0. The highest BCUT2D eigenvalue weighted by atomic mass is 35.5. The summed E-state index contributed by atoms with van der Waals surface area (Å²) in [5.41, 5.74) is 0.528. The Morgan fingerprint density at radius 1 is 1.07 bits per heavy atom. The molecule has 160 valence electrons. The quantitative estimate of drug-likeness (QED) is 0.677. The summed E-state index contributed by atoms with van der Waals surface area (Å²) >= 11 is 5.78. The summed E-state index contributed by atoms with van der Waals surface area (Å²) in [7, 11) is -3.75. The minimum Gasteiger partial charge on any atom is -0.455 e. The smallest absolute Gasteiger partial charge is 0.309 e. The first-order valence-corrected chi connectivity index (χ1v) is 11.1. The Morgan fingerprint density at radius 3 is 2.27 bits per heavy atom. The van der Waals surface area contributed by atoms with Crippen molar-refractivity contribution in [1.29, 1.82) is 0 Å². The number of nitrogens with zero attached hydrogens (tertiary/aromatic N) is 1. The fourth-order valence-corrected chi connectivity index (χ4v) is 4.67. The van der Waals surface area contributed by atoms with E-state index in [4.69, 9.17) is 16.3 Å². The summed E-state index contributed by atoms with van der Waals surface area (Å²) in [6, 6.07) is 11.1. The van der Waals surface area contributed by atoms with E-state index >= 15 is 0 Å². The van der Waals surface area contributed by atoms with Gasteiger partial charge in [0.2, 0.25) is 10.0 Å². The van der Waals surface area contributed by atoms with Crippen LogP contribution in [0, 0.1) is 11.7 Å². The standard InChI is InChI=1S/C20H20ClFN2O5S/c21-15-1-5-17(6-2-15)23-19(25)13-29-20(26)14-9-11-24(12-10-14)30(27,28)18-7-3-16(22)4-8-18/h1-8,14H,9-13H2,(H,23,25). The minimum absolute atomic E-state index is 0.00352. The molecule has 0 saturated carbocycles. The molecule has 10 heteroatoms. The zero-order valence-electron chi connectivity index (χ0n) is 15.9. The Kier molecular flexibility index (Phi) is 7.06. The van der Waals surface area contributed by atoms with Crippen LogP contribution in [0.4, 0.5) is 10.1 Å². The van der Waals surface area contributed by atoms with Gasteiger partial charge in [-0.2, -0.15) is 4.31 Å². The van der Waals surface area contributed by atoms with Crippen molar-refractivity contribution in [1.82, 2.24) is 4.31 Å². The van der Waals surface area contributed by atoms with Crippen LogP contribution in [0.2, 0.25) is 5.02 Å². The van der Waals surface area contributed by atoms with Gasteiger partial charge in [0.25, 0.3) is 5.91 Å². The summed E-state index contributed by atoms with van der Waals surface area (Å²) in [5.74, 6) is -2.04. The SMILES string of the molecule is O=C(COC(=O)C1CCN(S(=O)(=O)c2ccc(F)cc2)CC1)Nc1ccc(Cl)cc1. The average Bonchev–Trinajstić information content (AvgIpc) is 2.74. The molecule has 1 fully saturated rings. The number of piperidine rings is 1. The molecule has 0 atom stereocenters. The molecular weight excluding hydrogens is 435 g/mol. The van der Waals surface area contributed by atoms with E-state index in [0.717, 1.165) is 12.1 Å². The van der Waals surface area contributed by atoms with Crippen molar-refractivity contribution in [2.24, 2.45) is 5.92 Å². The van der Waals surface area contributed by atoms with Gasteiger partial charge in [0, 0.05) is 23.8 Å². The number of ether oxygens (including phenoxy) is 1. The molecule has 0 spiro atoms. The molecule has 1 aliphatic heterocycles. The van der Waals surface area contributed by atoms with Crippen molar-refractivity contribution in [2.75, 3.05) is 25.0 Å². The molecule has 1 N–H and O–H groups in total. The Bertz CT molecular complexity index is 1000. The van der Waals surface area contributed by atoms with E-state index < -0.39 is 40.2 Å². The Balaban J connectivity index is 1.47. The van der Waals surface area contributed by atoms with Crippen LogP contribution in [0.25, 0.3) is 0 Å². The van der Waals surface area contributed by atoms with Gasteiger partial charge in [0.05, 0.1) is 10.8 Å². The number of sulfonamides is 1. The summed E-state index contributed by atoms with van der Waals surface area (Å²) in [6.07, 6.45) is 0.552. The largest absolute Gasteiger partial charge is 0.455 e. The molecule has 0 radical (unpaired) electrons. The third-order valence-electron chi connectivity index (χ3n) is 4.71. The Morgan fingerprint density at radius 2 is 1.67 bits per heavy atom. The van der Waals surface area contributed by atoms with Gasteiger partial charge in [0.15, 0.2) is 6.61 Å². The first-order valence-electron chi connectivity index (χ1n) is 9.23. The summed E-state index contributed by atoms with van der Waals surface area (Å²) < 4.78 is 44.6. The highest BCUT2D eigenvalue weighted by molar-refractivity contribution is 7.89. The van der Waals surface area contributed by atoms with Gasteiger partial charge in [-0.3, -0.25) is 9.59 Å². The van der Waals surface area contributed by atoms with Crippen LogP contribution >= 0.6 is 11.6 Å². The van der Waals surface area contributed by atoms with Crippen LogP contribution in [0.5, 0.6) is 0 Å². The number of carbonyl (C=O) groups excluding carboxylic acids is 2. The van der Waals surface area contributed by atoms with Crippen LogP contribution < -0.4 is 5.32 Å². The van der Waals surface area contributed by atoms with Crippen molar-refractivity contribution < 1.29 is 27.1 Å². The molecule has 7 nitrogen and oxygen atoms in total. The molecule has 2 aromatic carbocycles. The monoisotopic (exact) mass is 454 g/mol. The molecule has 1 heterocycles. The molecule has 0 aliphatic carbocycles. The van der Waals surface area contributed by atoms with E-state index in [1.807, 2.05) is 0 Å². The zero-order chi connectivity index (χ0) is 21.7. The number of amides is 1. The third kappa shape index (κ3) is 5.56. The number of rotatable bonds is 6. The topological polar surface area (TPSA) is 92.8 Å². The Labute approximate surface area is 178 Å². The van der Waals surface area contributed by atoms with Crippen molar-refractivity contribution in [3.8, 4) is 0 Å². The van der Waals surface area contributed by atoms with Gasteiger partial charge in [0.1, 0.15) is 5.82 Å². The van der Waals surface area contributed by atoms with Crippen molar-refractivity contribution >= 4 is 39.2 Å². The zero-order valence-corrected chi connectivity index (χ0v) is 17.5. The highest BCUT2D eigenvalue weighted by Gasteiger charge is 2.33. The van der Waals surface area contributed by atoms with Crippen molar-refractivity contribution in [2.45, 2.75) is 17.7 Å². The third-order valence-corrected chi connectivity index (χ3v) is 6.88. The highest BCUT2D eigenvalue weighted by Crippen LogP contribution is 2.25. The minimum atomic E-state index is -3.75. The molecule has 0 aromatic heterocycles. The number of nitrogens with one attached hydrogen (secondary N) is 1. The van der Waals surface area contributed by atoms with Gasteiger partial charge in [-0.1, -0.05) is 11.6 Å². The fraction of sp³-hybridized carbons (Fsp3) is 0.300. The number of carbonyl (C=O) groups is 2. The molecule has 1 amide bonds. The second kappa shape index (κ2) is 9.55. The lowest BCUT2D eigenvalue weighted by atomic mass is 9.98. The fourth-order valence-electron chi connectivity index (χ4n) is 3.07. The lowest BCUT2D eigenvalue weighted by molar-refractivity contribution is -0.152. The first kappa shape index (κ1) is 22.2. The number of esters is 1. The molecule has 1 saturated heterocycles. The van der Waals surface area contributed by atoms with Crippen molar-refractivity contribution in [3.05, 3.63) is 59.4 Å². The second-order valence-corrected chi connectivity index (χ2v) is 9.17. The predicted octanol–water partition coefficient (Wildman–Crippen LogP) is 3.06. The number of benzene rings is 2. The van der Waals surface area contributed by atoms with Gasteiger partial charge >= 0.3 is 5.97 Å². The van der Waals surface area contributed by atoms with Gasteiger partial charge < -0.3 is 10.1 Å². The van der Waals surface area contributed by atoms with E-state index in [-0.39, 0.29) is 30.8 Å². The Hall–Kier alpha value is -2.49. The lowest BCUT2D eigenvalue weighted by Crippen LogP contribution is -2.40. The van der Waals surface area contributed by atoms with E-state index in [0.29, 0.717) is 10.7 Å². The number of hydrogen-bond acceptors (Lipinski definition) is 5. The molecule has 0 bridgehead atoms. The van der Waals surface area contributed by atoms with E-state index in [1.54, 1.807) is 24.3 Å². The van der Waals surface area contributed by atoms with Crippen LogP contribution in [0.15, 0.2) is 53.4 Å². The van der Waals surface area contributed by atoms with Crippen LogP contribution in [0.1, 0.15) is 12.8 Å². The molecule has 2 aromatic rings. The van der Waals surface area contributed by atoms with Crippen LogP contribution in [0.3, 0.4) is 0 Å². The molecular formula is C20H20ClFN2O5S. The van der Waals surface area contributed by atoms with Gasteiger partial charge in [-0.25, -0.2) is 12.8 Å².